The highest BCUT2D eigenvalue weighted by Gasteiger charge is 2.34. The number of hydrogen-bond acceptors (Lipinski definition) is 2. The molecule has 1 heterocycles. The molecule has 21 heavy (non-hydrogen) atoms. The maximum Gasteiger partial charge on any atom is 0.329 e. The molecule has 0 aliphatic heterocycles. The van der Waals surface area contributed by atoms with Crippen LogP contribution in [0.1, 0.15) is 37.0 Å². The van der Waals surface area contributed by atoms with Gasteiger partial charge in [-0.05, 0) is 19.4 Å². The Morgan fingerprint density at radius 2 is 2.00 bits per heavy atom. The molecule has 0 unspecified atom stereocenters. The van der Waals surface area contributed by atoms with Crippen molar-refractivity contribution in [2.75, 3.05) is 0 Å². The fourth-order valence-electron chi connectivity index (χ4n) is 2.56. The number of carboxylic acid groups (broad SMARTS) is 1. The number of carbonyl (C=O) groups excluding carboxylic acids is 1. The Bertz CT molecular complexity index is 690. The van der Waals surface area contributed by atoms with Gasteiger partial charge in [-0.3, -0.25) is 4.79 Å². The molecule has 0 saturated carbocycles. The average Bonchev–Trinajstić information content (AvgIpc) is 2.77. The van der Waals surface area contributed by atoms with Crippen LogP contribution >= 0.6 is 0 Å². The molecule has 1 aromatic carbocycles. The quantitative estimate of drug-likeness (QED) is 0.888. The number of carboxylic acids is 1. The summed E-state index contributed by atoms with van der Waals surface area (Å²) in [6.45, 7) is 3.44. The SMILES string of the molecule is CCC[C@@](C)(NC(=O)c1cn(C)c2ccccc12)C(=O)O. The Morgan fingerprint density at radius 1 is 1.33 bits per heavy atom. The first-order valence-electron chi connectivity index (χ1n) is 6.99. The van der Waals surface area contributed by atoms with Gasteiger partial charge in [0, 0.05) is 24.1 Å². The summed E-state index contributed by atoms with van der Waals surface area (Å²) in [4.78, 5) is 23.9. The topological polar surface area (TPSA) is 71.3 Å². The number of carbonyl (C=O) groups is 2. The summed E-state index contributed by atoms with van der Waals surface area (Å²) in [5.74, 6) is -1.37. The fraction of sp³-hybridized carbons (Fsp3) is 0.375. The molecular weight excluding hydrogens is 268 g/mol. The van der Waals surface area contributed by atoms with Crippen LogP contribution in [0, 0.1) is 0 Å². The van der Waals surface area contributed by atoms with E-state index < -0.39 is 11.5 Å². The summed E-state index contributed by atoms with van der Waals surface area (Å²) >= 11 is 0. The lowest BCUT2D eigenvalue weighted by atomic mass is 9.95. The Hall–Kier alpha value is -2.30. The van der Waals surface area contributed by atoms with E-state index in [9.17, 15) is 14.7 Å². The standard InChI is InChI=1S/C16H20N2O3/c1-4-9-16(2,15(20)21)17-14(19)12-10-18(3)13-8-6-5-7-11(12)13/h5-8,10H,4,9H2,1-3H3,(H,17,19)(H,20,21)/t16-/m1/s1. The van der Waals surface area contributed by atoms with Crippen molar-refractivity contribution < 1.29 is 14.7 Å². The minimum absolute atomic E-state index is 0.356. The zero-order chi connectivity index (χ0) is 15.6. The Morgan fingerprint density at radius 3 is 2.62 bits per heavy atom. The van der Waals surface area contributed by atoms with E-state index in [1.807, 2.05) is 42.8 Å². The number of hydrogen-bond donors (Lipinski definition) is 2. The molecule has 1 amide bonds. The number of nitrogens with one attached hydrogen (secondary N) is 1. The van der Waals surface area contributed by atoms with Gasteiger partial charge in [-0.25, -0.2) is 4.79 Å². The van der Waals surface area contributed by atoms with Crippen LogP contribution in [0.2, 0.25) is 0 Å². The lowest BCUT2D eigenvalue weighted by molar-refractivity contribution is -0.144. The molecular formula is C16H20N2O3. The first-order valence-corrected chi connectivity index (χ1v) is 6.99. The molecule has 2 aromatic rings. The van der Waals surface area contributed by atoms with Gasteiger partial charge in [-0.2, -0.15) is 0 Å². The first kappa shape index (κ1) is 15.1. The van der Waals surface area contributed by atoms with Crippen LogP contribution in [0.3, 0.4) is 0 Å². The number of aryl methyl sites for hydroxylation is 1. The van der Waals surface area contributed by atoms with Crippen LogP contribution < -0.4 is 5.32 Å². The number of rotatable bonds is 5. The zero-order valence-electron chi connectivity index (χ0n) is 12.5. The number of aliphatic carboxylic acids is 1. The number of para-hydroxylation sites is 1. The monoisotopic (exact) mass is 288 g/mol. The van der Waals surface area contributed by atoms with E-state index in [-0.39, 0.29) is 5.91 Å². The van der Waals surface area contributed by atoms with Crippen molar-refractivity contribution in [1.82, 2.24) is 9.88 Å². The van der Waals surface area contributed by atoms with Gasteiger partial charge in [0.2, 0.25) is 0 Å². The second-order valence-corrected chi connectivity index (χ2v) is 5.51. The molecule has 0 radical (unpaired) electrons. The van der Waals surface area contributed by atoms with Crippen molar-refractivity contribution in [1.29, 1.82) is 0 Å². The molecule has 0 spiro atoms. The Balaban J connectivity index is 2.37. The van der Waals surface area contributed by atoms with Gasteiger partial charge < -0.3 is 15.0 Å². The molecule has 0 saturated heterocycles. The molecule has 2 N–H and O–H groups in total. The minimum atomic E-state index is -1.25. The zero-order valence-corrected chi connectivity index (χ0v) is 12.5. The second kappa shape index (κ2) is 5.60. The highest BCUT2D eigenvalue weighted by Crippen LogP contribution is 2.22. The van der Waals surface area contributed by atoms with Gasteiger partial charge in [-0.1, -0.05) is 31.5 Å². The summed E-state index contributed by atoms with van der Waals surface area (Å²) in [6.07, 6.45) is 2.80. The molecule has 1 aromatic heterocycles. The van der Waals surface area contributed by atoms with Crippen molar-refractivity contribution in [2.24, 2.45) is 7.05 Å². The van der Waals surface area contributed by atoms with Crippen LogP contribution in [0.25, 0.3) is 10.9 Å². The molecule has 0 aliphatic carbocycles. The first-order chi connectivity index (χ1) is 9.89. The summed E-state index contributed by atoms with van der Waals surface area (Å²) in [5, 5.41) is 12.8. The van der Waals surface area contributed by atoms with Gasteiger partial charge in [0.15, 0.2) is 0 Å². The summed E-state index contributed by atoms with van der Waals surface area (Å²) in [6, 6.07) is 7.56. The van der Waals surface area contributed by atoms with Crippen LogP contribution in [-0.2, 0) is 11.8 Å². The summed E-state index contributed by atoms with van der Waals surface area (Å²) in [5.41, 5.74) is 0.190. The van der Waals surface area contributed by atoms with E-state index >= 15 is 0 Å². The third-order valence-corrected chi connectivity index (χ3v) is 3.75. The normalized spacial score (nSPS) is 13.9. The number of nitrogens with zero attached hydrogens (tertiary/aromatic N) is 1. The lowest BCUT2D eigenvalue weighted by Gasteiger charge is -2.25. The van der Waals surface area contributed by atoms with Crippen molar-refractivity contribution in [3.8, 4) is 0 Å². The van der Waals surface area contributed by atoms with Crippen LogP contribution in [0.15, 0.2) is 30.5 Å². The van der Waals surface area contributed by atoms with Gasteiger partial charge >= 0.3 is 5.97 Å². The molecule has 0 fully saturated rings. The third kappa shape index (κ3) is 2.77. The molecule has 0 bridgehead atoms. The maximum absolute atomic E-state index is 12.5. The van der Waals surface area contributed by atoms with E-state index in [1.54, 1.807) is 13.1 Å². The predicted octanol–water partition coefficient (Wildman–Crippen LogP) is 2.55. The van der Waals surface area contributed by atoms with Gasteiger partial charge in [-0.15, -0.1) is 0 Å². The Kier molecular flexibility index (Phi) is 4.02. The number of aromatic nitrogens is 1. The van der Waals surface area contributed by atoms with E-state index in [1.165, 1.54) is 0 Å². The van der Waals surface area contributed by atoms with Gasteiger partial charge in [0.25, 0.3) is 5.91 Å². The lowest BCUT2D eigenvalue weighted by Crippen LogP contribution is -2.52. The van der Waals surface area contributed by atoms with Crippen molar-refractivity contribution in [3.05, 3.63) is 36.0 Å². The van der Waals surface area contributed by atoms with Crippen molar-refractivity contribution in [2.45, 2.75) is 32.2 Å². The predicted molar refractivity (Wildman–Crippen MR) is 81.3 cm³/mol. The molecule has 1 atom stereocenters. The van der Waals surface area contributed by atoms with Crippen molar-refractivity contribution >= 4 is 22.8 Å². The smallest absolute Gasteiger partial charge is 0.329 e. The number of benzene rings is 1. The molecule has 0 aliphatic rings. The minimum Gasteiger partial charge on any atom is -0.480 e. The Labute approximate surface area is 123 Å². The van der Waals surface area contributed by atoms with Crippen LogP contribution in [0.4, 0.5) is 0 Å². The van der Waals surface area contributed by atoms with E-state index in [0.717, 1.165) is 10.9 Å². The average molecular weight is 288 g/mol. The van der Waals surface area contributed by atoms with Crippen LogP contribution in [0.5, 0.6) is 0 Å². The highest BCUT2D eigenvalue weighted by atomic mass is 16.4. The highest BCUT2D eigenvalue weighted by molar-refractivity contribution is 6.08. The van der Waals surface area contributed by atoms with E-state index in [0.29, 0.717) is 18.4 Å². The van der Waals surface area contributed by atoms with Crippen LogP contribution in [-0.4, -0.2) is 27.1 Å². The second-order valence-electron chi connectivity index (χ2n) is 5.51. The van der Waals surface area contributed by atoms with E-state index in [4.69, 9.17) is 0 Å². The van der Waals surface area contributed by atoms with Gasteiger partial charge in [0.05, 0.1) is 5.56 Å². The summed E-state index contributed by atoms with van der Waals surface area (Å²) < 4.78 is 1.86. The number of amides is 1. The van der Waals surface area contributed by atoms with Gasteiger partial charge in [0.1, 0.15) is 5.54 Å². The summed E-state index contributed by atoms with van der Waals surface area (Å²) in [7, 11) is 1.86. The fourth-order valence-corrected chi connectivity index (χ4v) is 2.56. The van der Waals surface area contributed by atoms with E-state index in [2.05, 4.69) is 5.32 Å². The molecule has 5 nitrogen and oxygen atoms in total. The largest absolute Gasteiger partial charge is 0.480 e. The maximum atomic E-state index is 12.5. The molecule has 5 heteroatoms. The number of fused-ring (bicyclic) bond motifs is 1. The van der Waals surface area contributed by atoms with Crippen molar-refractivity contribution in [3.63, 3.8) is 0 Å². The molecule has 112 valence electrons. The molecule has 2 rings (SSSR count). The third-order valence-electron chi connectivity index (χ3n) is 3.75.